The van der Waals surface area contributed by atoms with Gasteiger partial charge in [0.15, 0.2) is 0 Å². The van der Waals surface area contributed by atoms with Gasteiger partial charge in [-0.05, 0) is 31.1 Å². The van der Waals surface area contributed by atoms with Crippen LogP contribution in [0.5, 0.6) is 0 Å². The molecule has 0 saturated heterocycles. The minimum absolute atomic E-state index is 0.0983. The molecule has 3 nitrogen and oxygen atoms in total. The second kappa shape index (κ2) is 5.83. The summed E-state index contributed by atoms with van der Waals surface area (Å²) in [6.45, 7) is 5.42. The quantitative estimate of drug-likeness (QED) is 0.731. The molecule has 0 spiro atoms. The minimum Gasteiger partial charge on any atom is -0.395 e. The van der Waals surface area contributed by atoms with E-state index in [0.29, 0.717) is 18.1 Å². The SMILES string of the molecule is COCC(CO)NC1CCC(C)(C)CC1. The Kier molecular flexibility index (Phi) is 5.03. The second-order valence-corrected chi connectivity index (χ2v) is 5.44. The summed E-state index contributed by atoms with van der Waals surface area (Å²) in [5, 5.41) is 12.6. The fourth-order valence-electron chi connectivity index (χ4n) is 2.25. The highest BCUT2D eigenvalue weighted by atomic mass is 16.5. The molecule has 0 radical (unpaired) electrons. The van der Waals surface area contributed by atoms with E-state index in [-0.39, 0.29) is 12.6 Å². The van der Waals surface area contributed by atoms with Gasteiger partial charge in [0.2, 0.25) is 0 Å². The van der Waals surface area contributed by atoms with Crippen molar-refractivity contribution in [2.45, 2.75) is 51.6 Å². The lowest BCUT2D eigenvalue weighted by Crippen LogP contribution is -2.45. The molecule has 2 N–H and O–H groups in total. The number of hydrogen-bond donors (Lipinski definition) is 2. The van der Waals surface area contributed by atoms with Crippen LogP contribution in [0.1, 0.15) is 39.5 Å². The largest absolute Gasteiger partial charge is 0.395 e. The summed E-state index contributed by atoms with van der Waals surface area (Å²) in [7, 11) is 1.67. The molecule has 0 heterocycles. The predicted molar refractivity (Wildman–Crippen MR) is 61.9 cm³/mol. The second-order valence-electron chi connectivity index (χ2n) is 5.44. The van der Waals surface area contributed by atoms with Crippen LogP contribution in [0.3, 0.4) is 0 Å². The predicted octanol–water partition coefficient (Wildman–Crippen LogP) is 1.55. The van der Waals surface area contributed by atoms with E-state index >= 15 is 0 Å². The monoisotopic (exact) mass is 215 g/mol. The lowest BCUT2D eigenvalue weighted by atomic mass is 9.75. The molecule has 0 aromatic carbocycles. The lowest BCUT2D eigenvalue weighted by molar-refractivity contribution is 0.109. The number of hydrogen-bond acceptors (Lipinski definition) is 3. The van der Waals surface area contributed by atoms with Crippen molar-refractivity contribution in [3.05, 3.63) is 0 Å². The van der Waals surface area contributed by atoms with Gasteiger partial charge in [-0.15, -0.1) is 0 Å². The molecule has 0 aromatic rings. The Morgan fingerprint density at radius 1 is 1.40 bits per heavy atom. The molecular weight excluding hydrogens is 190 g/mol. The summed E-state index contributed by atoms with van der Waals surface area (Å²) in [4.78, 5) is 0. The highest BCUT2D eigenvalue weighted by Crippen LogP contribution is 2.35. The van der Waals surface area contributed by atoms with Gasteiger partial charge in [0, 0.05) is 13.2 Å². The fourth-order valence-corrected chi connectivity index (χ4v) is 2.25. The van der Waals surface area contributed by atoms with Crippen molar-refractivity contribution in [1.82, 2.24) is 5.32 Å². The van der Waals surface area contributed by atoms with Crippen molar-refractivity contribution in [2.24, 2.45) is 5.41 Å². The van der Waals surface area contributed by atoms with E-state index in [4.69, 9.17) is 9.84 Å². The maximum absolute atomic E-state index is 9.15. The van der Waals surface area contributed by atoms with Gasteiger partial charge >= 0.3 is 0 Å². The average Bonchev–Trinajstić information content (AvgIpc) is 2.20. The summed E-state index contributed by atoms with van der Waals surface area (Å²) >= 11 is 0. The molecule has 15 heavy (non-hydrogen) atoms. The molecule has 1 aliphatic carbocycles. The molecule has 1 unspecified atom stereocenters. The maximum atomic E-state index is 9.15. The zero-order chi connectivity index (χ0) is 11.3. The van der Waals surface area contributed by atoms with Crippen molar-refractivity contribution in [2.75, 3.05) is 20.3 Å². The molecule has 0 aliphatic heterocycles. The van der Waals surface area contributed by atoms with Gasteiger partial charge in [-0.3, -0.25) is 0 Å². The van der Waals surface area contributed by atoms with Crippen LogP contribution in [-0.4, -0.2) is 37.5 Å². The molecule has 3 heteroatoms. The van der Waals surface area contributed by atoms with Gasteiger partial charge in [-0.1, -0.05) is 13.8 Å². The third-order valence-electron chi connectivity index (χ3n) is 3.40. The first kappa shape index (κ1) is 12.9. The average molecular weight is 215 g/mol. The molecule has 1 aliphatic rings. The number of methoxy groups -OCH3 is 1. The Morgan fingerprint density at radius 3 is 2.47 bits per heavy atom. The first-order chi connectivity index (χ1) is 7.07. The highest BCUT2D eigenvalue weighted by Gasteiger charge is 2.27. The molecule has 0 bridgehead atoms. The Balaban J connectivity index is 2.28. The maximum Gasteiger partial charge on any atom is 0.0638 e. The Labute approximate surface area is 93.2 Å². The number of nitrogens with one attached hydrogen (secondary N) is 1. The van der Waals surface area contributed by atoms with Crippen LogP contribution in [0.15, 0.2) is 0 Å². The van der Waals surface area contributed by atoms with Crippen LogP contribution in [0.2, 0.25) is 0 Å². The molecule has 1 fully saturated rings. The van der Waals surface area contributed by atoms with E-state index in [1.807, 2.05) is 0 Å². The van der Waals surface area contributed by atoms with E-state index in [1.54, 1.807) is 7.11 Å². The van der Waals surface area contributed by atoms with Crippen molar-refractivity contribution in [1.29, 1.82) is 0 Å². The molecular formula is C12H25NO2. The van der Waals surface area contributed by atoms with Crippen LogP contribution >= 0.6 is 0 Å². The zero-order valence-corrected chi connectivity index (χ0v) is 10.3. The van der Waals surface area contributed by atoms with E-state index < -0.39 is 0 Å². The standard InChI is InChI=1S/C12H25NO2/c1-12(2)6-4-10(5-7-12)13-11(8-14)9-15-3/h10-11,13-14H,4-9H2,1-3H3. The van der Waals surface area contributed by atoms with Crippen LogP contribution in [0, 0.1) is 5.41 Å². The zero-order valence-electron chi connectivity index (χ0n) is 10.3. The summed E-state index contributed by atoms with van der Waals surface area (Å²) in [6.07, 6.45) is 4.98. The Bertz CT molecular complexity index is 172. The third kappa shape index (κ3) is 4.49. The third-order valence-corrected chi connectivity index (χ3v) is 3.40. The summed E-state index contributed by atoms with van der Waals surface area (Å²) < 4.78 is 5.05. The normalized spacial score (nSPS) is 24.0. The molecule has 0 aromatic heterocycles. The topological polar surface area (TPSA) is 41.5 Å². The van der Waals surface area contributed by atoms with Crippen LogP contribution in [-0.2, 0) is 4.74 Å². The van der Waals surface area contributed by atoms with Gasteiger partial charge in [0.1, 0.15) is 0 Å². The van der Waals surface area contributed by atoms with E-state index in [9.17, 15) is 0 Å². The van der Waals surface area contributed by atoms with E-state index in [2.05, 4.69) is 19.2 Å². The van der Waals surface area contributed by atoms with Gasteiger partial charge in [0.25, 0.3) is 0 Å². The van der Waals surface area contributed by atoms with Crippen molar-refractivity contribution >= 4 is 0 Å². The minimum atomic E-state index is 0.0983. The molecule has 1 rings (SSSR count). The number of rotatable bonds is 5. The molecule has 1 atom stereocenters. The van der Waals surface area contributed by atoms with Gasteiger partial charge in [-0.25, -0.2) is 0 Å². The van der Waals surface area contributed by atoms with Crippen LogP contribution < -0.4 is 5.32 Å². The Morgan fingerprint density at radius 2 is 2.00 bits per heavy atom. The molecule has 1 saturated carbocycles. The van der Waals surface area contributed by atoms with Crippen LogP contribution in [0.4, 0.5) is 0 Å². The number of aliphatic hydroxyl groups is 1. The van der Waals surface area contributed by atoms with Crippen molar-refractivity contribution in [3.8, 4) is 0 Å². The number of ether oxygens (including phenoxy) is 1. The summed E-state index contributed by atoms with van der Waals surface area (Å²) in [5.74, 6) is 0. The van der Waals surface area contributed by atoms with Crippen molar-refractivity contribution < 1.29 is 9.84 Å². The van der Waals surface area contributed by atoms with Crippen LogP contribution in [0.25, 0.3) is 0 Å². The molecule has 0 amide bonds. The summed E-state index contributed by atoms with van der Waals surface area (Å²) in [6, 6.07) is 0.659. The van der Waals surface area contributed by atoms with Crippen molar-refractivity contribution in [3.63, 3.8) is 0 Å². The van der Waals surface area contributed by atoms with E-state index in [1.165, 1.54) is 25.7 Å². The van der Waals surface area contributed by atoms with Gasteiger partial charge in [-0.2, -0.15) is 0 Å². The fraction of sp³-hybridized carbons (Fsp3) is 1.00. The molecule has 90 valence electrons. The summed E-state index contributed by atoms with van der Waals surface area (Å²) in [5.41, 5.74) is 0.508. The van der Waals surface area contributed by atoms with Gasteiger partial charge in [0.05, 0.1) is 19.3 Å². The first-order valence-electron chi connectivity index (χ1n) is 5.93. The van der Waals surface area contributed by atoms with E-state index in [0.717, 1.165) is 0 Å². The Hall–Kier alpha value is -0.120. The van der Waals surface area contributed by atoms with Gasteiger partial charge < -0.3 is 15.2 Å². The first-order valence-corrected chi connectivity index (χ1v) is 5.93. The highest BCUT2D eigenvalue weighted by molar-refractivity contribution is 4.84. The smallest absolute Gasteiger partial charge is 0.0638 e. The number of aliphatic hydroxyl groups excluding tert-OH is 1. The lowest BCUT2D eigenvalue weighted by Gasteiger charge is -2.36.